The van der Waals surface area contributed by atoms with Crippen LogP contribution in [-0.2, 0) is 4.79 Å². The zero-order valence-corrected chi connectivity index (χ0v) is 10.0. The van der Waals surface area contributed by atoms with E-state index in [1.165, 1.54) is 0 Å². The molecule has 0 atom stereocenters. The van der Waals surface area contributed by atoms with Crippen LogP contribution in [0.2, 0.25) is 5.02 Å². The summed E-state index contributed by atoms with van der Waals surface area (Å²) in [7, 11) is 0. The lowest BCUT2D eigenvalue weighted by Crippen LogP contribution is -2.43. The first-order valence-electron chi connectivity index (χ1n) is 5.11. The van der Waals surface area contributed by atoms with Gasteiger partial charge in [0.15, 0.2) is 0 Å². The first-order valence-corrected chi connectivity index (χ1v) is 5.49. The number of β-lactam (4-membered cyclic amide) rings is 1. The van der Waals surface area contributed by atoms with Crippen molar-refractivity contribution in [3.05, 3.63) is 23.0 Å². The summed E-state index contributed by atoms with van der Waals surface area (Å²) >= 11 is 5.79. The highest BCUT2D eigenvalue weighted by atomic mass is 35.5. The zero-order chi connectivity index (χ0) is 11.4. The SMILES string of the molecule is CC.Cc1ncc(Cl)cc1N1CCC1=O. The van der Waals surface area contributed by atoms with Gasteiger partial charge in [0.1, 0.15) is 0 Å². The highest BCUT2D eigenvalue weighted by molar-refractivity contribution is 6.30. The molecular formula is C11H15ClN2O. The van der Waals surface area contributed by atoms with Crippen molar-refractivity contribution in [1.29, 1.82) is 0 Å². The summed E-state index contributed by atoms with van der Waals surface area (Å²) in [6, 6.07) is 1.78. The number of amides is 1. The van der Waals surface area contributed by atoms with Crippen molar-refractivity contribution < 1.29 is 4.79 Å². The number of anilines is 1. The van der Waals surface area contributed by atoms with Crippen molar-refractivity contribution in [2.24, 2.45) is 0 Å². The Labute approximate surface area is 95.1 Å². The molecule has 4 heteroatoms. The Hall–Kier alpha value is -1.09. The second-order valence-electron chi connectivity index (χ2n) is 3.05. The largest absolute Gasteiger partial charge is 0.310 e. The number of pyridine rings is 1. The number of aromatic nitrogens is 1. The van der Waals surface area contributed by atoms with Crippen molar-refractivity contribution in [1.82, 2.24) is 4.98 Å². The van der Waals surface area contributed by atoms with E-state index in [1.807, 2.05) is 20.8 Å². The van der Waals surface area contributed by atoms with E-state index in [9.17, 15) is 4.79 Å². The molecule has 0 bridgehead atoms. The Morgan fingerprint density at radius 3 is 2.60 bits per heavy atom. The lowest BCUT2D eigenvalue weighted by molar-refractivity contribution is -0.122. The molecule has 2 rings (SSSR count). The van der Waals surface area contributed by atoms with E-state index in [-0.39, 0.29) is 5.91 Å². The molecule has 1 aromatic rings. The number of hydrogen-bond donors (Lipinski definition) is 0. The first kappa shape index (κ1) is 12.0. The van der Waals surface area contributed by atoms with Gasteiger partial charge in [0, 0.05) is 19.2 Å². The number of carbonyl (C=O) groups is 1. The molecule has 1 amide bonds. The van der Waals surface area contributed by atoms with Gasteiger partial charge in [-0.05, 0) is 13.0 Å². The molecule has 1 fully saturated rings. The molecule has 0 N–H and O–H groups in total. The predicted molar refractivity (Wildman–Crippen MR) is 62.3 cm³/mol. The summed E-state index contributed by atoms with van der Waals surface area (Å²) < 4.78 is 0. The summed E-state index contributed by atoms with van der Waals surface area (Å²) in [5.74, 6) is 0.146. The van der Waals surface area contributed by atoms with E-state index in [0.29, 0.717) is 11.4 Å². The minimum Gasteiger partial charge on any atom is -0.310 e. The van der Waals surface area contributed by atoms with Gasteiger partial charge in [0.05, 0.1) is 16.4 Å². The Kier molecular flexibility index (Phi) is 4.09. The van der Waals surface area contributed by atoms with Crippen molar-refractivity contribution in [3.8, 4) is 0 Å². The summed E-state index contributed by atoms with van der Waals surface area (Å²) in [6.07, 6.45) is 2.22. The highest BCUT2D eigenvalue weighted by Gasteiger charge is 2.26. The molecule has 1 aliphatic rings. The van der Waals surface area contributed by atoms with Crippen LogP contribution in [-0.4, -0.2) is 17.4 Å². The van der Waals surface area contributed by atoms with E-state index in [1.54, 1.807) is 17.2 Å². The van der Waals surface area contributed by atoms with Crippen molar-refractivity contribution in [3.63, 3.8) is 0 Å². The first-order chi connectivity index (χ1) is 7.18. The third kappa shape index (κ3) is 2.48. The van der Waals surface area contributed by atoms with Crippen LogP contribution in [0.4, 0.5) is 5.69 Å². The number of carbonyl (C=O) groups excluding carboxylic acids is 1. The minimum atomic E-state index is 0.146. The van der Waals surface area contributed by atoms with E-state index >= 15 is 0 Å². The van der Waals surface area contributed by atoms with E-state index < -0.39 is 0 Å². The van der Waals surface area contributed by atoms with Crippen molar-refractivity contribution in [2.45, 2.75) is 27.2 Å². The van der Waals surface area contributed by atoms with Crippen LogP contribution in [0.15, 0.2) is 12.3 Å². The summed E-state index contributed by atoms with van der Waals surface area (Å²) in [5.41, 5.74) is 1.68. The van der Waals surface area contributed by atoms with Crippen LogP contribution in [0.3, 0.4) is 0 Å². The highest BCUT2D eigenvalue weighted by Crippen LogP contribution is 2.26. The van der Waals surface area contributed by atoms with Gasteiger partial charge in [-0.1, -0.05) is 25.4 Å². The van der Waals surface area contributed by atoms with Crippen LogP contribution < -0.4 is 4.90 Å². The normalized spacial score (nSPS) is 14.1. The van der Waals surface area contributed by atoms with E-state index in [2.05, 4.69) is 4.98 Å². The standard InChI is InChI=1S/C9H9ClN2O.C2H6/c1-6-8(4-7(10)5-11-6)12-3-2-9(12)13;1-2/h4-5H,2-3H2,1H3;1-2H3. The quantitative estimate of drug-likeness (QED) is 0.690. The van der Waals surface area contributed by atoms with E-state index in [4.69, 9.17) is 11.6 Å². The molecule has 0 saturated carbocycles. The van der Waals surface area contributed by atoms with Gasteiger partial charge >= 0.3 is 0 Å². The third-order valence-corrected chi connectivity index (χ3v) is 2.37. The van der Waals surface area contributed by atoms with Crippen molar-refractivity contribution in [2.75, 3.05) is 11.4 Å². The van der Waals surface area contributed by atoms with Crippen LogP contribution in [0.25, 0.3) is 0 Å². The molecule has 2 heterocycles. The second-order valence-corrected chi connectivity index (χ2v) is 3.49. The zero-order valence-electron chi connectivity index (χ0n) is 9.25. The fourth-order valence-corrected chi connectivity index (χ4v) is 1.49. The molecule has 0 radical (unpaired) electrons. The predicted octanol–water partition coefficient (Wildman–Crippen LogP) is 2.81. The lowest BCUT2D eigenvalue weighted by Gasteiger charge is -2.31. The van der Waals surface area contributed by atoms with Gasteiger partial charge in [-0.25, -0.2) is 0 Å². The van der Waals surface area contributed by atoms with Crippen LogP contribution >= 0.6 is 11.6 Å². The molecule has 0 aliphatic carbocycles. The molecule has 0 spiro atoms. The van der Waals surface area contributed by atoms with Gasteiger partial charge in [-0.2, -0.15) is 0 Å². The lowest BCUT2D eigenvalue weighted by atomic mass is 10.1. The smallest absolute Gasteiger partial charge is 0.228 e. The molecular weight excluding hydrogens is 212 g/mol. The maximum Gasteiger partial charge on any atom is 0.228 e. The Morgan fingerprint density at radius 2 is 2.13 bits per heavy atom. The molecule has 1 aromatic heterocycles. The summed E-state index contributed by atoms with van der Waals surface area (Å²) in [4.78, 5) is 16.9. The number of hydrogen-bond acceptors (Lipinski definition) is 2. The van der Waals surface area contributed by atoms with Crippen molar-refractivity contribution >= 4 is 23.2 Å². The summed E-state index contributed by atoms with van der Waals surface area (Å²) in [5, 5.41) is 0.570. The molecule has 82 valence electrons. The van der Waals surface area contributed by atoms with Gasteiger partial charge in [-0.3, -0.25) is 9.78 Å². The third-order valence-electron chi connectivity index (χ3n) is 2.17. The topological polar surface area (TPSA) is 33.2 Å². The molecule has 1 saturated heterocycles. The molecule has 0 unspecified atom stereocenters. The number of rotatable bonds is 1. The number of halogens is 1. The van der Waals surface area contributed by atoms with Gasteiger partial charge in [-0.15, -0.1) is 0 Å². The maximum atomic E-state index is 11.1. The molecule has 0 aromatic carbocycles. The van der Waals surface area contributed by atoms with Crippen LogP contribution in [0, 0.1) is 6.92 Å². The van der Waals surface area contributed by atoms with Gasteiger partial charge in [0.2, 0.25) is 5.91 Å². The van der Waals surface area contributed by atoms with Crippen LogP contribution in [0.1, 0.15) is 26.0 Å². The fourth-order valence-electron chi connectivity index (χ4n) is 1.34. The molecule has 15 heavy (non-hydrogen) atoms. The monoisotopic (exact) mass is 226 g/mol. The average molecular weight is 227 g/mol. The molecule has 1 aliphatic heterocycles. The maximum absolute atomic E-state index is 11.1. The minimum absolute atomic E-state index is 0.146. The summed E-state index contributed by atoms with van der Waals surface area (Å²) in [6.45, 7) is 6.65. The van der Waals surface area contributed by atoms with Gasteiger partial charge in [0.25, 0.3) is 0 Å². The number of aryl methyl sites for hydroxylation is 1. The van der Waals surface area contributed by atoms with E-state index in [0.717, 1.165) is 17.9 Å². The second kappa shape index (κ2) is 5.12. The average Bonchev–Trinajstić information content (AvgIpc) is 2.24. The number of nitrogens with zero attached hydrogens (tertiary/aromatic N) is 2. The molecule has 3 nitrogen and oxygen atoms in total. The van der Waals surface area contributed by atoms with Crippen LogP contribution in [0.5, 0.6) is 0 Å². The van der Waals surface area contributed by atoms with Gasteiger partial charge < -0.3 is 4.90 Å². The Bertz CT molecular complexity index is 366. The Morgan fingerprint density at radius 1 is 1.47 bits per heavy atom. The fraction of sp³-hybridized carbons (Fsp3) is 0.455. The Balaban J connectivity index is 0.000000531.